The second kappa shape index (κ2) is 7.92. The molecule has 162 valence electrons. The van der Waals surface area contributed by atoms with Crippen molar-refractivity contribution in [1.29, 1.82) is 0 Å². The minimum Gasteiger partial charge on any atom is -0.367 e. The number of imidazole rings is 1. The number of hydrogen-bond acceptors (Lipinski definition) is 5. The molecule has 2 saturated heterocycles. The van der Waals surface area contributed by atoms with Crippen LogP contribution in [0, 0.1) is 6.92 Å². The Bertz CT molecular complexity index is 1060. The molecule has 2 N–H and O–H groups in total. The van der Waals surface area contributed by atoms with E-state index in [1.165, 1.54) is 54.8 Å². The van der Waals surface area contributed by atoms with Crippen molar-refractivity contribution in [1.82, 2.24) is 25.2 Å². The SMILES string of the molecule is Cc1cccnc1[C@@H]1CCC[C@H](c2nc3cccc(N4CCN(C5CC5)CC4)c3[nH]2)N1. The number of anilines is 1. The second-order valence-corrected chi connectivity index (χ2v) is 9.46. The average molecular weight is 417 g/mol. The zero-order valence-electron chi connectivity index (χ0n) is 18.3. The molecule has 3 fully saturated rings. The third-order valence-corrected chi connectivity index (χ3v) is 7.33. The number of aryl methyl sites for hydroxylation is 1. The summed E-state index contributed by atoms with van der Waals surface area (Å²) in [7, 11) is 0. The first kappa shape index (κ1) is 19.3. The molecule has 0 unspecified atom stereocenters. The summed E-state index contributed by atoms with van der Waals surface area (Å²) in [5, 5.41) is 3.84. The van der Waals surface area contributed by atoms with Gasteiger partial charge in [0, 0.05) is 38.4 Å². The summed E-state index contributed by atoms with van der Waals surface area (Å²) in [5.74, 6) is 1.07. The minimum atomic E-state index is 0.243. The summed E-state index contributed by atoms with van der Waals surface area (Å²) in [6, 6.07) is 12.1. The lowest BCUT2D eigenvalue weighted by Crippen LogP contribution is -2.47. The van der Waals surface area contributed by atoms with Crippen LogP contribution in [0.3, 0.4) is 0 Å². The summed E-state index contributed by atoms with van der Waals surface area (Å²) in [6.45, 7) is 6.72. The van der Waals surface area contributed by atoms with Gasteiger partial charge in [0.25, 0.3) is 0 Å². The molecule has 0 bridgehead atoms. The van der Waals surface area contributed by atoms with Crippen LogP contribution in [0.1, 0.15) is 61.3 Å². The molecule has 0 amide bonds. The molecule has 0 spiro atoms. The van der Waals surface area contributed by atoms with E-state index in [0.717, 1.165) is 43.3 Å². The molecule has 0 radical (unpaired) electrons. The number of nitrogens with one attached hydrogen (secondary N) is 2. The predicted octanol–water partition coefficient (Wildman–Crippen LogP) is 4.11. The standard InChI is InChI=1S/C25H32N6/c1-17-5-4-12-26-23(17)19-6-2-8-21(27-19)25-28-20-7-3-9-22(24(20)29-25)31-15-13-30(14-16-31)18-10-11-18/h3-5,7,9,12,18-19,21,27H,2,6,8,10-11,13-16H2,1H3,(H,28,29)/t19-,21+/m0/s1. The van der Waals surface area contributed by atoms with Crippen LogP contribution in [0.2, 0.25) is 0 Å². The molecule has 4 heterocycles. The van der Waals surface area contributed by atoms with Gasteiger partial charge in [0.2, 0.25) is 0 Å². The van der Waals surface area contributed by atoms with Crippen molar-refractivity contribution in [3.63, 3.8) is 0 Å². The number of pyridine rings is 1. The van der Waals surface area contributed by atoms with E-state index in [4.69, 9.17) is 4.98 Å². The Morgan fingerprint density at radius 1 is 0.935 bits per heavy atom. The lowest BCUT2D eigenvalue weighted by Gasteiger charge is -2.36. The first-order chi connectivity index (χ1) is 15.3. The van der Waals surface area contributed by atoms with E-state index >= 15 is 0 Å². The number of aromatic amines is 1. The first-order valence-corrected chi connectivity index (χ1v) is 11.9. The topological polar surface area (TPSA) is 60.1 Å². The largest absolute Gasteiger partial charge is 0.367 e. The quantitative estimate of drug-likeness (QED) is 0.670. The van der Waals surface area contributed by atoms with E-state index in [-0.39, 0.29) is 6.04 Å². The molecule has 3 aromatic rings. The number of hydrogen-bond donors (Lipinski definition) is 2. The van der Waals surface area contributed by atoms with Crippen LogP contribution in [-0.4, -0.2) is 52.1 Å². The summed E-state index contributed by atoms with van der Waals surface area (Å²) < 4.78 is 0. The van der Waals surface area contributed by atoms with Crippen LogP contribution >= 0.6 is 0 Å². The van der Waals surface area contributed by atoms with Gasteiger partial charge in [-0.3, -0.25) is 15.2 Å². The fraction of sp³-hybridized carbons (Fsp3) is 0.520. The fourth-order valence-corrected chi connectivity index (χ4v) is 5.46. The van der Waals surface area contributed by atoms with Gasteiger partial charge in [-0.1, -0.05) is 12.1 Å². The first-order valence-electron chi connectivity index (χ1n) is 11.9. The van der Waals surface area contributed by atoms with Gasteiger partial charge in [0.15, 0.2) is 0 Å². The van der Waals surface area contributed by atoms with E-state index in [9.17, 15) is 0 Å². The van der Waals surface area contributed by atoms with Gasteiger partial charge in [0.05, 0.1) is 34.5 Å². The molecule has 2 atom stereocenters. The molecule has 1 aliphatic carbocycles. The smallest absolute Gasteiger partial charge is 0.124 e. The molecule has 2 aliphatic heterocycles. The van der Waals surface area contributed by atoms with Crippen LogP contribution in [0.5, 0.6) is 0 Å². The molecule has 6 nitrogen and oxygen atoms in total. The van der Waals surface area contributed by atoms with Gasteiger partial charge < -0.3 is 9.88 Å². The van der Waals surface area contributed by atoms with Crippen LogP contribution in [0.4, 0.5) is 5.69 Å². The van der Waals surface area contributed by atoms with Crippen LogP contribution in [-0.2, 0) is 0 Å². The zero-order valence-corrected chi connectivity index (χ0v) is 18.3. The Balaban J connectivity index is 1.24. The normalized spacial score (nSPS) is 25.3. The number of fused-ring (bicyclic) bond motifs is 1. The molecular formula is C25H32N6. The van der Waals surface area contributed by atoms with Crippen LogP contribution < -0.4 is 10.2 Å². The van der Waals surface area contributed by atoms with Gasteiger partial charge in [0.1, 0.15) is 5.82 Å². The highest BCUT2D eigenvalue weighted by atomic mass is 15.3. The van der Waals surface area contributed by atoms with Crippen LogP contribution in [0.25, 0.3) is 11.0 Å². The number of benzene rings is 1. The number of nitrogens with zero attached hydrogens (tertiary/aromatic N) is 4. The molecule has 31 heavy (non-hydrogen) atoms. The van der Waals surface area contributed by atoms with Crippen molar-refractivity contribution < 1.29 is 0 Å². The number of H-pyrrole nitrogens is 1. The number of piperazine rings is 1. The summed E-state index contributed by atoms with van der Waals surface area (Å²) in [6.07, 6.45) is 8.12. The summed E-state index contributed by atoms with van der Waals surface area (Å²) >= 11 is 0. The van der Waals surface area contributed by atoms with E-state index in [1.807, 2.05) is 12.3 Å². The Labute approximate surface area is 184 Å². The highest BCUT2D eigenvalue weighted by Gasteiger charge is 2.32. The van der Waals surface area contributed by atoms with Crippen molar-refractivity contribution in [2.24, 2.45) is 0 Å². The molecule has 6 rings (SSSR count). The van der Waals surface area contributed by atoms with Gasteiger partial charge in [-0.15, -0.1) is 0 Å². The maximum absolute atomic E-state index is 5.02. The summed E-state index contributed by atoms with van der Waals surface area (Å²) in [5.41, 5.74) is 6.01. The molecule has 2 aromatic heterocycles. The van der Waals surface area contributed by atoms with Crippen molar-refractivity contribution in [3.05, 3.63) is 53.6 Å². The maximum atomic E-state index is 5.02. The Morgan fingerprint density at radius 2 is 1.77 bits per heavy atom. The Hall–Kier alpha value is -2.44. The van der Waals surface area contributed by atoms with Crippen LogP contribution in [0.15, 0.2) is 36.5 Å². The highest BCUT2D eigenvalue weighted by molar-refractivity contribution is 5.89. The van der Waals surface area contributed by atoms with Gasteiger partial charge >= 0.3 is 0 Å². The molecule has 6 heteroatoms. The minimum absolute atomic E-state index is 0.243. The lowest BCUT2D eigenvalue weighted by atomic mass is 9.94. The van der Waals surface area contributed by atoms with E-state index < -0.39 is 0 Å². The fourth-order valence-electron chi connectivity index (χ4n) is 5.46. The Kier molecular flexibility index (Phi) is 4.92. The third-order valence-electron chi connectivity index (χ3n) is 7.33. The third kappa shape index (κ3) is 3.72. The molecule has 1 saturated carbocycles. The lowest BCUT2D eigenvalue weighted by molar-refractivity contribution is 0.248. The van der Waals surface area contributed by atoms with Gasteiger partial charge in [-0.2, -0.15) is 0 Å². The predicted molar refractivity (Wildman–Crippen MR) is 124 cm³/mol. The van der Waals surface area contributed by atoms with Gasteiger partial charge in [-0.05, 0) is 62.8 Å². The average Bonchev–Trinajstić information content (AvgIpc) is 3.57. The molecule has 1 aromatic carbocycles. The van der Waals surface area contributed by atoms with E-state index in [1.54, 1.807) is 0 Å². The van der Waals surface area contributed by atoms with Crippen molar-refractivity contribution in [3.8, 4) is 0 Å². The van der Waals surface area contributed by atoms with E-state index in [0.29, 0.717) is 6.04 Å². The Morgan fingerprint density at radius 3 is 2.58 bits per heavy atom. The van der Waals surface area contributed by atoms with E-state index in [2.05, 4.69) is 56.3 Å². The maximum Gasteiger partial charge on any atom is 0.124 e. The van der Waals surface area contributed by atoms with Gasteiger partial charge in [-0.25, -0.2) is 4.98 Å². The monoisotopic (exact) mass is 416 g/mol. The number of piperidine rings is 1. The molecule has 3 aliphatic rings. The highest BCUT2D eigenvalue weighted by Crippen LogP contribution is 2.35. The second-order valence-electron chi connectivity index (χ2n) is 9.46. The zero-order chi connectivity index (χ0) is 20.8. The van der Waals surface area contributed by atoms with Crippen molar-refractivity contribution in [2.75, 3.05) is 31.1 Å². The van der Waals surface area contributed by atoms with Crippen molar-refractivity contribution >= 4 is 16.7 Å². The summed E-state index contributed by atoms with van der Waals surface area (Å²) in [4.78, 5) is 18.6. The number of rotatable bonds is 4. The van der Waals surface area contributed by atoms with Crippen molar-refractivity contribution in [2.45, 2.75) is 57.2 Å². The molecular weight excluding hydrogens is 384 g/mol. The number of para-hydroxylation sites is 1. The number of aromatic nitrogens is 3.